The molecule has 0 saturated carbocycles. The number of nitrogens with one attached hydrogen (secondary N) is 1. The molecule has 1 atom stereocenters. The predicted molar refractivity (Wildman–Crippen MR) is 75.7 cm³/mol. The molecule has 0 radical (unpaired) electrons. The second-order valence-corrected chi connectivity index (χ2v) is 7.52. The van der Waals surface area contributed by atoms with E-state index in [9.17, 15) is 13.2 Å². The van der Waals surface area contributed by atoms with Crippen LogP contribution in [-0.2, 0) is 10.0 Å². The van der Waals surface area contributed by atoms with Gasteiger partial charge in [0.25, 0.3) is 0 Å². The summed E-state index contributed by atoms with van der Waals surface area (Å²) in [5.41, 5.74) is -0.217. The molecule has 1 fully saturated rings. The van der Waals surface area contributed by atoms with Crippen molar-refractivity contribution in [2.75, 3.05) is 33.7 Å². The van der Waals surface area contributed by atoms with E-state index in [1.165, 1.54) is 18.3 Å². The van der Waals surface area contributed by atoms with Crippen LogP contribution in [-0.4, -0.2) is 72.6 Å². The number of carbonyl (C=O) groups is 1. The van der Waals surface area contributed by atoms with E-state index in [1.807, 2.05) is 7.05 Å². The summed E-state index contributed by atoms with van der Waals surface area (Å²) in [5, 5.41) is 15.1. The fourth-order valence-electron chi connectivity index (χ4n) is 2.67. The van der Waals surface area contributed by atoms with Crippen molar-refractivity contribution in [2.45, 2.75) is 18.2 Å². The van der Waals surface area contributed by atoms with E-state index >= 15 is 0 Å². The molecule has 1 aromatic heterocycles. The number of sulfonamides is 1. The Bertz CT molecular complexity index is 640. The van der Waals surface area contributed by atoms with Crippen molar-refractivity contribution in [3.8, 4) is 0 Å². The van der Waals surface area contributed by atoms with Crippen LogP contribution in [0.4, 0.5) is 0 Å². The highest BCUT2D eigenvalue weighted by molar-refractivity contribution is 7.89. The fourth-order valence-corrected chi connectivity index (χ4v) is 4.20. The number of aryl methyl sites for hydroxylation is 1. The molecule has 0 aliphatic carbocycles. The lowest BCUT2D eigenvalue weighted by Gasteiger charge is -2.21. The van der Waals surface area contributed by atoms with Gasteiger partial charge in [0.05, 0.1) is 5.69 Å². The summed E-state index contributed by atoms with van der Waals surface area (Å²) in [6.07, 6.45) is 0.937. The van der Waals surface area contributed by atoms with E-state index in [1.54, 1.807) is 0 Å². The number of carboxylic acids is 1. The summed E-state index contributed by atoms with van der Waals surface area (Å²) in [7, 11) is -0.392. The molecule has 1 aromatic rings. The van der Waals surface area contributed by atoms with Crippen molar-refractivity contribution in [3.63, 3.8) is 0 Å². The third-order valence-electron chi connectivity index (χ3n) is 3.77. The minimum atomic E-state index is -3.87. The molecular weight excluding hydrogens is 296 g/mol. The third kappa shape index (κ3) is 3.09. The highest BCUT2D eigenvalue weighted by Crippen LogP contribution is 2.24. The maximum absolute atomic E-state index is 12.6. The van der Waals surface area contributed by atoms with Gasteiger partial charge in [-0.1, -0.05) is 0 Å². The molecule has 0 aromatic carbocycles. The van der Waals surface area contributed by atoms with Gasteiger partial charge in [-0.2, -0.15) is 5.10 Å². The van der Waals surface area contributed by atoms with E-state index in [-0.39, 0.29) is 16.5 Å². The highest BCUT2D eigenvalue weighted by Gasteiger charge is 2.33. The number of hydrogen-bond acceptors (Lipinski definition) is 5. The van der Waals surface area contributed by atoms with Crippen LogP contribution in [0.3, 0.4) is 0 Å². The Morgan fingerprint density at radius 3 is 2.76 bits per heavy atom. The topological polar surface area (TPSA) is 107 Å². The van der Waals surface area contributed by atoms with Crippen molar-refractivity contribution >= 4 is 16.0 Å². The summed E-state index contributed by atoms with van der Waals surface area (Å²) in [6.45, 7) is 3.67. The predicted octanol–water partition coefficient (Wildman–Crippen LogP) is -0.0115. The van der Waals surface area contributed by atoms with E-state index in [0.717, 1.165) is 19.5 Å². The van der Waals surface area contributed by atoms with Gasteiger partial charge in [0.2, 0.25) is 10.0 Å². The molecule has 0 amide bonds. The van der Waals surface area contributed by atoms with Gasteiger partial charge in [-0.05, 0) is 32.9 Å². The van der Waals surface area contributed by atoms with Crippen LogP contribution in [0.25, 0.3) is 0 Å². The lowest BCUT2D eigenvalue weighted by molar-refractivity contribution is 0.0686. The molecule has 118 valence electrons. The van der Waals surface area contributed by atoms with Gasteiger partial charge >= 0.3 is 5.97 Å². The SMILES string of the molecule is Cc1[nH]nc(C(=O)O)c1S(=O)(=O)N(C)CC1CCN(C)C1. The number of aromatic carboxylic acids is 1. The lowest BCUT2D eigenvalue weighted by atomic mass is 10.1. The molecule has 9 heteroatoms. The fraction of sp³-hybridized carbons (Fsp3) is 0.667. The van der Waals surface area contributed by atoms with Gasteiger partial charge in [-0.25, -0.2) is 17.5 Å². The van der Waals surface area contributed by atoms with E-state index in [0.29, 0.717) is 6.54 Å². The average molecular weight is 316 g/mol. The minimum absolute atomic E-state index is 0.239. The van der Waals surface area contributed by atoms with Crippen LogP contribution in [0, 0.1) is 12.8 Å². The van der Waals surface area contributed by atoms with E-state index in [2.05, 4.69) is 15.1 Å². The van der Waals surface area contributed by atoms with E-state index < -0.39 is 21.7 Å². The van der Waals surface area contributed by atoms with Gasteiger partial charge in [0.15, 0.2) is 5.69 Å². The zero-order valence-corrected chi connectivity index (χ0v) is 13.1. The largest absolute Gasteiger partial charge is 0.476 e. The summed E-state index contributed by atoms with van der Waals surface area (Å²) in [6, 6.07) is 0. The second-order valence-electron chi connectivity index (χ2n) is 5.53. The zero-order chi connectivity index (χ0) is 15.8. The van der Waals surface area contributed by atoms with Gasteiger partial charge in [-0.15, -0.1) is 0 Å². The molecule has 21 heavy (non-hydrogen) atoms. The molecule has 2 N–H and O–H groups in total. The van der Waals surface area contributed by atoms with Crippen LogP contribution in [0.15, 0.2) is 4.90 Å². The summed E-state index contributed by atoms with van der Waals surface area (Å²) < 4.78 is 26.4. The maximum Gasteiger partial charge on any atom is 0.357 e. The molecule has 0 bridgehead atoms. The van der Waals surface area contributed by atoms with Crippen LogP contribution < -0.4 is 0 Å². The van der Waals surface area contributed by atoms with Crippen molar-refractivity contribution in [2.24, 2.45) is 5.92 Å². The molecule has 1 saturated heterocycles. The number of H-pyrrole nitrogens is 1. The average Bonchev–Trinajstić information content (AvgIpc) is 2.95. The zero-order valence-electron chi connectivity index (χ0n) is 12.3. The summed E-state index contributed by atoms with van der Waals surface area (Å²) in [4.78, 5) is 13.0. The highest BCUT2D eigenvalue weighted by atomic mass is 32.2. The Hall–Kier alpha value is -1.45. The Morgan fingerprint density at radius 2 is 2.24 bits per heavy atom. The van der Waals surface area contributed by atoms with Crippen LogP contribution in [0.2, 0.25) is 0 Å². The molecule has 2 heterocycles. The van der Waals surface area contributed by atoms with Crippen LogP contribution >= 0.6 is 0 Å². The number of carboxylic acid groups (broad SMARTS) is 1. The number of likely N-dealkylation sites (tertiary alicyclic amines) is 1. The molecule has 0 spiro atoms. The number of rotatable bonds is 5. The maximum atomic E-state index is 12.6. The Balaban J connectivity index is 2.25. The van der Waals surface area contributed by atoms with Gasteiger partial charge < -0.3 is 10.0 Å². The van der Waals surface area contributed by atoms with E-state index in [4.69, 9.17) is 5.11 Å². The van der Waals surface area contributed by atoms with Crippen LogP contribution in [0.1, 0.15) is 22.6 Å². The number of aromatic nitrogens is 2. The first-order valence-corrected chi connectivity index (χ1v) is 8.10. The molecule has 1 aliphatic rings. The number of hydrogen-bond donors (Lipinski definition) is 2. The first kappa shape index (κ1) is 15.9. The molecule has 2 rings (SSSR count). The van der Waals surface area contributed by atoms with Gasteiger partial charge in [0, 0.05) is 20.1 Å². The molecule has 1 unspecified atom stereocenters. The van der Waals surface area contributed by atoms with Gasteiger partial charge in [0.1, 0.15) is 4.90 Å². The Labute approximate surface area is 123 Å². The lowest BCUT2D eigenvalue weighted by Crippen LogP contribution is -2.33. The standard InChI is InChI=1S/C12H20N4O4S/c1-8-11(10(12(17)18)14-13-8)21(19,20)16(3)7-9-4-5-15(2)6-9/h9H,4-7H2,1-3H3,(H,13,14)(H,17,18). The number of nitrogens with zero attached hydrogens (tertiary/aromatic N) is 3. The number of aromatic amines is 1. The first-order chi connectivity index (χ1) is 9.73. The molecular formula is C12H20N4O4S. The summed E-state index contributed by atoms with van der Waals surface area (Å²) >= 11 is 0. The van der Waals surface area contributed by atoms with Crippen molar-refractivity contribution in [1.29, 1.82) is 0 Å². The Kier molecular flexibility index (Phi) is 4.35. The third-order valence-corrected chi connectivity index (χ3v) is 5.75. The molecule has 8 nitrogen and oxygen atoms in total. The minimum Gasteiger partial charge on any atom is -0.476 e. The first-order valence-electron chi connectivity index (χ1n) is 6.66. The quantitative estimate of drug-likeness (QED) is 0.791. The van der Waals surface area contributed by atoms with Gasteiger partial charge in [-0.3, -0.25) is 5.10 Å². The Morgan fingerprint density at radius 1 is 1.57 bits per heavy atom. The van der Waals surface area contributed by atoms with Crippen molar-refractivity contribution in [3.05, 3.63) is 11.4 Å². The van der Waals surface area contributed by atoms with Crippen LogP contribution in [0.5, 0.6) is 0 Å². The summed E-state index contributed by atoms with van der Waals surface area (Å²) in [5.74, 6) is -1.10. The van der Waals surface area contributed by atoms with Crippen molar-refractivity contribution < 1.29 is 18.3 Å². The second kappa shape index (κ2) is 5.74. The molecule has 1 aliphatic heterocycles. The normalized spacial score (nSPS) is 20.3. The van der Waals surface area contributed by atoms with Crippen molar-refractivity contribution in [1.82, 2.24) is 19.4 Å². The monoisotopic (exact) mass is 316 g/mol. The smallest absolute Gasteiger partial charge is 0.357 e.